The minimum atomic E-state index is -3.27. The normalized spacial score (nSPS) is 20.1. The number of nitrogens with one attached hydrogen (secondary N) is 1. The number of anilines is 1. The first kappa shape index (κ1) is 18.3. The number of H-pyrrole nitrogens is 1. The van der Waals surface area contributed by atoms with Gasteiger partial charge in [-0.15, -0.1) is 0 Å². The summed E-state index contributed by atoms with van der Waals surface area (Å²) in [6.07, 6.45) is 3.46. The molecule has 156 valence electrons. The molecule has 0 unspecified atom stereocenters. The summed E-state index contributed by atoms with van der Waals surface area (Å²) in [6.45, 7) is 3.45. The summed E-state index contributed by atoms with van der Waals surface area (Å²) in [6, 6.07) is 8.07. The number of hydrogen-bond acceptors (Lipinski definition) is 6. The number of nitrogens with zero attached hydrogens (tertiary/aromatic N) is 4. The Kier molecular flexibility index (Phi) is 4.12. The molecule has 8 nitrogen and oxygen atoms in total. The number of para-hydroxylation sites is 1. The van der Waals surface area contributed by atoms with Crippen molar-refractivity contribution in [3.05, 3.63) is 41.7 Å². The van der Waals surface area contributed by atoms with Gasteiger partial charge in [0.1, 0.15) is 5.82 Å². The number of fused-ring (bicyclic) bond motifs is 2. The maximum Gasteiger partial charge on any atom is 0.217 e. The third-order valence-corrected chi connectivity index (χ3v) is 8.47. The topological polar surface area (TPSA) is 91.4 Å². The van der Waals surface area contributed by atoms with Gasteiger partial charge in [0, 0.05) is 47.9 Å². The molecule has 0 amide bonds. The fourth-order valence-corrected chi connectivity index (χ4v) is 6.14. The summed E-state index contributed by atoms with van der Waals surface area (Å²) in [4.78, 5) is 15.3. The molecule has 0 bridgehead atoms. The van der Waals surface area contributed by atoms with E-state index in [1.807, 2.05) is 24.4 Å². The summed E-state index contributed by atoms with van der Waals surface area (Å²) in [5.74, 6) is 1.48. The van der Waals surface area contributed by atoms with Gasteiger partial charge in [0.05, 0.1) is 30.7 Å². The van der Waals surface area contributed by atoms with Crippen LogP contribution in [-0.4, -0.2) is 59.2 Å². The Morgan fingerprint density at radius 2 is 1.87 bits per heavy atom. The Morgan fingerprint density at radius 3 is 2.67 bits per heavy atom. The van der Waals surface area contributed by atoms with Crippen molar-refractivity contribution >= 4 is 26.7 Å². The number of rotatable bonds is 4. The fourth-order valence-electron chi connectivity index (χ4n) is 4.38. The van der Waals surface area contributed by atoms with E-state index in [0.717, 1.165) is 59.5 Å². The first-order valence-corrected chi connectivity index (χ1v) is 11.9. The highest BCUT2D eigenvalue weighted by Crippen LogP contribution is 2.39. The van der Waals surface area contributed by atoms with Crippen LogP contribution in [-0.2, 0) is 27.8 Å². The molecule has 3 aliphatic rings. The lowest BCUT2D eigenvalue weighted by atomic mass is 10.1. The lowest BCUT2D eigenvalue weighted by Gasteiger charge is -2.29. The minimum Gasteiger partial charge on any atom is -0.378 e. The van der Waals surface area contributed by atoms with Gasteiger partial charge in [-0.05, 0) is 18.9 Å². The molecule has 2 fully saturated rings. The molecule has 0 spiro atoms. The van der Waals surface area contributed by atoms with Gasteiger partial charge in [-0.25, -0.2) is 18.4 Å². The van der Waals surface area contributed by atoms with E-state index in [-0.39, 0.29) is 5.25 Å². The molecule has 0 atom stereocenters. The highest BCUT2D eigenvalue weighted by Gasteiger charge is 2.43. The molecule has 2 aliphatic heterocycles. The van der Waals surface area contributed by atoms with Crippen LogP contribution in [0.1, 0.15) is 24.1 Å². The molecular formula is C21H23N5O3S. The molecule has 9 heteroatoms. The largest absolute Gasteiger partial charge is 0.378 e. The van der Waals surface area contributed by atoms with Crippen LogP contribution in [0.2, 0.25) is 0 Å². The Morgan fingerprint density at radius 1 is 1.07 bits per heavy atom. The molecule has 3 aromatic rings. The van der Waals surface area contributed by atoms with Crippen molar-refractivity contribution in [1.82, 2.24) is 19.3 Å². The van der Waals surface area contributed by atoms with E-state index >= 15 is 0 Å². The zero-order valence-corrected chi connectivity index (χ0v) is 17.4. The van der Waals surface area contributed by atoms with Gasteiger partial charge >= 0.3 is 0 Å². The maximum atomic E-state index is 12.9. The number of ether oxygens (including phenoxy) is 1. The van der Waals surface area contributed by atoms with Gasteiger partial charge in [-0.3, -0.25) is 0 Å². The molecule has 6 rings (SSSR count). The van der Waals surface area contributed by atoms with Gasteiger partial charge in [-0.2, -0.15) is 4.31 Å². The van der Waals surface area contributed by atoms with Crippen LogP contribution in [0, 0.1) is 0 Å². The van der Waals surface area contributed by atoms with Crippen molar-refractivity contribution in [2.45, 2.75) is 31.2 Å². The molecular weight excluding hydrogens is 402 g/mol. The smallest absolute Gasteiger partial charge is 0.217 e. The average molecular weight is 426 g/mol. The second kappa shape index (κ2) is 6.76. The summed E-state index contributed by atoms with van der Waals surface area (Å²) in [5.41, 5.74) is 3.72. The maximum absolute atomic E-state index is 12.9. The zero-order chi connectivity index (χ0) is 20.3. The lowest BCUT2D eigenvalue weighted by molar-refractivity contribution is 0.122. The van der Waals surface area contributed by atoms with E-state index in [2.05, 4.69) is 16.0 Å². The number of aromatic nitrogens is 3. The highest BCUT2D eigenvalue weighted by molar-refractivity contribution is 7.90. The van der Waals surface area contributed by atoms with Crippen molar-refractivity contribution in [1.29, 1.82) is 0 Å². The first-order valence-electron chi connectivity index (χ1n) is 10.4. The number of aromatic amines is 1. The van der Waals surface area contributed by atoms with Crippen LogP contribution < -0.4 is 4.90 Å². The third kappa shape index (κ3) is 2.91. The number of sulfonamides is 1. The highest BCUT2D eigenvalue weighted by atomic mass is 32.2. The minimum absolute atomic E-state index is 0.223. The van der Waals surface area contributed by atoms with Crippen LogP contribution in [0.5, 0.6) is 0 Å². The fraction of sp³-hybridized carbons (Fsp3) is 0.429. The van der Waals surface area contributed by atoms with Crippen molar-refractivity contribution in [3.8, 4) is 11.4 Å². The van der Waals surface area contributed by atoms with Gasteiger partial charge in [-0.1, -0.05) is 18.2 Å². The summed E-state index contributed by atoms with van der Waals surface area (Å²) in [5, 5.41) is 0.838. The predicted molar refractivity (Wildman–Crippen MR) is 114 cm³/mol. The standard InChI is InChI=1S/C21H23N5O3S/c27-30(28,14-5-6-14)26-12-17-19(13-26)23-20(24-21(17)25-7-9-29-10-8-25)16-11-22-18-4-2-1-3-15(16)18/h1-4,11,14,22H,5-10,12-13H2. The zero-order valence-electron chi connectivity index (χ0n) is 16.5. The van der Waals surface area contributed by atoms with E-state index < -0.39 is 10.0 Å². The number of hydrogen-bond donors (Lipinski definition) is 1. The SMILES string of the molecule is O=S(=O)(C1CC1)N1Cc2nc(-c3c[nH]c4ccccc34)nc(N3CCOCC3)c2C1. The third-order valence-electron chi connectivity index (χ3n) is 6.18. The van der Waals surface area contributed by atoms with E-state index in [9.17, 15) is 8.42 Å². The van der Waals surface area contributed by atoms with Crippen LogP contribution in [0.3, 0.4) is 0 Å². The monoisotopic (exact) mass is 425 g/mol. The summed E-state index contributed by atoms with van der Waals surface area (Å²) in [7, 11) is -3.27. The quantitative estimate of drug-likeness (QED) is 0.690. The molecule has 0 radical (unpaired) electrons. The van der Waals surface area contributed by atoms with Gasteiger partial charge in [0.25, 0.3) is 0 Å². The molecule has 1 saturated carbocycles. The molecule has 1 saturated heterocycles. The van der Waals surface area contributed by atoms with Crippen molar-refractivity contribution in [2.24, 2.45) is 0 Å². The predicted octanol–water partition coefficient (Wildman–Crippen LogP) is 2.27. The van der Waals surface area contributed by atoms with E-state index in [0.29, 0.717) is 32.1 Å². The molecule has 4 heterocycles. The van der Waals surface area contributed by atoms with Gasteiger partial charge < -0.3 is 14.6 Å². The molecule has 1 aromatic carbocycles. The Labute approximate surface area is 174 Å². The van der Waals surface area contributed by atoms with Crippen molar-refractivity contribution in [2.75, 3.05) is 31.2 Å². The van der Waals surface area contributed by atoms with E-state index in [4.69, 9.17) is 14.7 Å². The van der Waals surface area contributed by atoms with Gasteiger partial charge in [0.15, 0.2) is 5.82 Å². The van der Waals surface area contributed by atoms with Crippen molar-refractivity contribution in [3.63, 3.8) is 0 Å². The number of morpholine rings is 1. The first-order chi connectivity index (χ1) is 14.6. The average Bonchev–Trinajstić information content (AvgIpc) is 3.41. The van der Waals surface area contributed by atoms with Crippen LogP contribution in [0.25, 0.3) is 22.3 Å². The van der Waals surface area contributed by atoms with Crippen LogP contribution >= 0.6 is 0 Å². The van der Waals surface area contributed by atoms with E-state index in [1.165, 1.54) is 0 Å². The molecule has 30 heavy (non-hydrogen) atoms. The summed E-state index contributed by atoms with van der Waals surface area (Å²) < 4.78 is 32.9. The number of benzene rings is 1. The Hall–Kier alpha value is -2.49. The lowest BCUT2D eigenvalue weighted by Crippen LogP contribution is -2.37. The van der Waals surface area contributed by atoms with Crippen LogP contribution in [0.4, 0.5) is 5.82 Å². The second-order valence-electron chi connectivity index (χ2n) is 8.16. The van der Waals surface area contributed by atoms with Crippen LogP contribution in [0.15, 0.2) is 30.5 Å². The summed E-state index contributed by atoms with van der Waals surface area (Å²) >= 11 is 0. The molecule has 1 N–H and O–H groups in total. The molecule has 2 aromatic heterocycles. The van der Waals surface area contributed by atoms with Crippen molar-refractivity contribution < 1.29 is 13.2 Å². The Bertz CT molecular complexity index is 1230. The Balaban J connectivity index is 1.47. The molecule has 1 aliphatic carbocycles. The van der Waals surface area contributed by atoms with Gasteiger partial charge in [0.2, 0.25) is 10.0 Å². The second-order valence-corrected chi connectivity index (χ2v) is 10.4. The van der Waals surface area contributed by atoms with E-state index in [1.54, 1.807) is 4.31 Å².